The van der Waals surface area contributed by atoms with Gasteiger partial charge in [-0.2, -0.15) is 0 Å². The Labute approximate surface area is 86.6 Å². The molecule has 84 valence electrons. The van der Waals surface area contributed by atoms with E-state index in [2.05, 4.69) is 17.1 Å². The molecule has 1 saturated heterocycles. The summed E-state index contributed by atoms with van der Waals surface area (Å²) in [6, 6.07) is 0.517. The van der Waals surface area contributed by atoms with Gasteiger partial charge in [-0.3, -0.25) is 4.90 Å². The van der Waals surface area contributed by atoms with E-state index in [1.807, 2.05) is 7.05 Å². The van der Waals surface area contributed by atoms with Crippen LogP contribution in [-0.2, 0) is 9.47 Å². The van der Waals surface area contributed by atoms with Crippen LogP contribution in [0.4, 0.5) is 0 Å². The zero-order valence-corrected chi connectivity index (χ0v) is 9.62. The Balaban J connectivity index is 2.37. The third kappa shape index (κ3) is 2.92. The second kappa shape index (κ2) is 5.66. The molecule has 0 saturated carbocycles. The summed E-state index contributed by atoms with van der Waals surface area (Å²) in [5.41, 5.74) is 0. The van der Waals surface area contributed by atoms with Crippen LogP contribution in [-0.4, -0.2) is 64.1 Å². The Morgan fingerprint density at radius 1 is 1.29 bits per heavy atom. The molecule has 3 unspecified atom stereocenters. The Bertz CT molecular complexity index is 154. The number of likely N-dealkylation sites (tertiary alicyclic amines) is 1. The molecule has 4 heteroatoms. The zero-order valence-electron chi connectivity index (χ0n) is 9.62. The molecule has 4 nitrogen and oxygen atoms in total. The maximum atomic E-state index is 5.37. The summed E-state index contributed by atoms with van der Waals surface area (Å²) in [6.07, 6.45) is 0.452. The van der Waals surface area contributed by atoms with Crippen LogP contribution in [0.2, 0.25) is 0 Å². The average Bonchev–Trinajstić information content (AvgIpc) is 2.59. The van der Waals surface area contributed by atoms with Gasteiger partial charge in [-0.15, -0.1) is 0 Å². The molecule has 1 fully saturated rings. The standard InChI is InChI=1S/C10H22N2O2/c1-8(11-2)5-12-6-9(13-3)10(7-12)14-4/h8-11H,5-7H2,1-4H3. The van der Waals surface area contributed by atoms with Gasteiger partial charge in [0.05, 0.1) is 12.2 Å². The number of nitrogens with zero attached hydrogens (tertiary/aromatic N) is 1. The molecule has 1 heterocycles. The maximum absolute atomic E-state index is 5.37. The van der Waals surface area contributed by atoms with E-state index in [9.17, 15) is 0 Å². The Morgan fingerprint density at radius 3 is 2.14 bits per heavy atom. The van der Waals surface area contributed by atoms with Gasteiger partial charge < -0.3 is 14.8 Å². The van der Waals surface area contributed by atoms with Gasteiger partial charge in [-0.1, -0.05) is 0 Å². The van der Waals surface area contributed by atoms with Crippen molar-refractivity contribution >= 4 is 0 Å². The normalized spacial score (nSPS) is 30.9. The van der Waals surface area contributed by atoms with E-state index in [1.54, 1.807) is 14.2 Å². The molecule has 0 aromatic carbocycles. The average molecular weight is 202 g/mol. The molecular formula is C10H22N2O2. The van der Waals surface area contributed by atoms with E-state index >= 15 is 0 Å². The van der Waals surface area contributed by atoms with Crippen molar-refractivity contribution < 1.29 is 9.47 Å². The van der Waals surface area contributed by atoms with Crippen LogP contribution in [0.5, 0.6) is 0 Å². The third-order valence-electron chi connectivity index (χ3n) is 2.92. The van der Waals surface area contributed by atoms with Crippen molar-refractivity contribution in [3.05, 3.63) is 0 Å². The molecule has 0 bridgehead atoms. The fourth-order valence-corrected chi connectivity index (χ4v) is 1.90. The van der Waals surface area contributed by atoms with E-state index < -0.39 is 0 Å². The topological polar surface area (TPSA) is 33.7 Å². The zero-order chi connectivity index (χ0) is 10.6. The summed E-state index contributed by atoms with van der Waals surface area (Å²) in [4.78, 5) is 2.38. The van der Waals surface area contributed by atoms with E-state index in [-0.39, 0.29) is 12.2 Å². The fourth-order valence-electron chi connectivity index (χ4n) is 1.90. The molecule has 0 aromatic heterocycles. The smallest absolute Gasteiger partial charge is 0.0971 e. The van der Waals surface area contributed by atoms with Crippen molar-refractivity contribution in [1.29, 1.82) is 0 Å². The minimum Gasteiger partial charge on any atom is -0.377 e. The lowest BCUT2D eigenvalue weighted by Gasteiger charge is -2.19. The van der Waals surface area contributed by atoms with Gasteiger partial charge >= 0.3 is 0 Å². The molecule has 0 aromatic rings. The monoisotopic (exact) mass is 202 g/mol. The number of ether oxygens (including phenoxy) is 2. The summed E-state index contributed by atoms with van der Waals surface area (Å²) in [5, 5.41) is 3.23. The Kier molecular flexibility index (Phi) is 4.81. The van der Waals surface area contributed by atoms with Gasteiger partial charge in [-0.25, -0.2) is 0 Å². The number of hydrogen-bond acceptors (Lipinski definition) is 4. The van der Waals surface area contributed by atoms with Crippen LogP contribution in [0.25, 0.3) is 0 Å². The summed E-state index contributed by atoms with van der Waals surface area (Å²) < 4.78 is 10.7. The van der Waals surface area contributed by atoms with E-state index in [1.165, 1.54) is 0 Å². The molecule has 3 atom stereocenters. The first-order valence-electron chi connectivity index (χ1n) is 5.16. The lowest BCUT2D eigenvalue weighted by atomic mass is 10.3. The molecule has 0 amide bonds. The lowest BCUT2D eigenvalue weighted by Crippen LogP contribution is -2.37. The molecule has 14 heavy (non-hydrogen) atoms. The van der Waals surface area contributed by atoms with Gasteiger partial charge in [0.25, 0.3) is 0 Å². The number of hydrogen-bond donors (Lipinski definition) is 1. The summed E-state index contributed by atoms with van der Waals surface area (Å²) in [7, 11) is 5.49. The first-order valence-corrected chi connectivity index (χ1v) is 5.16. The molecule has 1 N–H and O–H groups in total. The molecule has 1 aliphatic heterocycles. The van der Waals surface area contributed by atoms with Gasteiger partial charge in [0, 0.05) is 39.9 Å². The molecule has 0 radical (unpaired) electrons. The number of methoxy groups -OCH3 is 2. The van der Waals surface area contributed by atoms with Crippen molar-refractivity contribution in [3.8, 4) is 0 Å². The predicted molar refractivity (Wildman–Crippen MR) is 56.6 cm³/mol. The van der Waals surface area contributed by atoms with Gasteiger partial charge in [0.1, 0.15) is 0 Å². The fraction of sp³-hybridized carbons (Fsp3) is 1.00. The molecular weight excluding hydrogens is 180 g/mol. The highest BCUT2D eigenvalue weighted by atomic mass is 16.5. The van der Waals surface area contributed by atoms with Crippen LogP contribution < -0.4 is 5.32 Å². The van der Waals surface area contributed by atoms with Gasteiger partial charge in [-0.05, 0) is 14.0 Å². The quantitative estimate of drug-likeness (QED) is 0.677. The van der Waals surface area contributed by atoms with Crippen molar-refractivity contribution in [3.63, 3.8) is 0 Å². The highest BCUT2D eigenvalue weighted by Crippen LogP contribution is 2.15. The lowest BCUT2D eigenvalue weighted by molar-refractivity contribution is -0.00461. The minimum atomic E-state index is 0.226. The maximum Gasteiger partial charge on any atom is 0.0971 e. The molecule has 1 rings (SSSR count). The van der Waals surface area contributed by atoms with Crippen molar-refractivity contribution in [2.24, 2.45) is 0 Å². The molecule has 0 aliphatic carbocycles. The third-order valence-corrected chi connectivity index (χ3v) is 2.92. The van der Waals surface area contributed by atoms with Crippen LogP contribution in [0, 0.1) is 0 Å². The first-order chi connectivity index (χ1) is 6.71. The number of likely N-dealkylation sites (N-methyl/N-ethyl adjacent to an activating group) is 1. The van der Waals surface area contributed by atoms with Crippen LogP contribution in [0.3, 0.4) is 0 Å². The minimum absolute atomic E-state index is 0.226. The second-order valence-electron chi connectivity index (χ2n) is 3.96. The summed E-state index contributed by atoms with van der Waals surface area (Å²) in [5.74, 6) is 0. The van der Waals surface area contributed by atoms with Crippen LogP contribution >= 0.6 is 0 Å². The van der Waals surface area contributed by atoms with Gasteiger partial charge in [0.2, 0.25) is 0 Å². The highest BCUT2D eigenvalue weighted by Gasteiger charge is 2.32. The number of nitrogens with one attached hydrogen (secondary N) is 1. The van der Waals surface area contributed by atoms with E-state index in [0.717, 1.165) is 19.6 Å². The van der Waals surface area contributed by atoms with Gasteiger partial charge in [0.15, 0.2) is 0 Å². The largest absolute Gasteiger partial charge is 0.377 e. The summed E-state index contributed by atoms with van der Waals surface area (Å²) >= 11 is 0. The van der Waals surface area contributed by atoms with E-state index in [4.69, 9.17) is 9.47 Å². The van der Waals surface area contributed by atoms with Crippen LogP contribution in [0.15, 0.2) is 0 Å². The highest BCUT2D eigenvalue weighted by molar-refractivity contribution is 4.86. The molecule has 0 spiro atoms. The van der Waals surface area contributed by atoms with E-state index in [0.29, 0.717) is 6.04 Å². The van der Waals surface area contributed by atoms with Crippen LogP contribution in [0.1, 0.15) is 6.92 Å². The number of rotatable bonds is 5. The van der Waals surface area contributed by atoms with Crippen molar-refractivity contribution in [1.82, 2.24) is 10.2 Å². The summed E-state index contributed by atoms with van der Waals surface area (Å²) in [6.45, 7) is 5.18. The Hall–Kier alpha value is -0.160. The van der Waals surface area contributed by atoms with Crippen molar-refractivity contribution in [2.75, 3.05) is 40.9 Å². The Morgan fingerprint density at radius 2 is 1.79 bits per heavy atom. The first kappa shape index (κ1) is 11.9. The van der Waals surface area contributed by atoms with Crippen molar-refractivity contribution in [2.45, 2.75) is 25.2 Å². The SMILES string of the molecule is CNC(C)CN1CC(OC)C(OC)C1. The predicted octanol–water partition coefficient (Wildman–Crippen LogP) is -0.0601. The second-order valence-corrected chi connectivity index (χ2v) is 3.96. The molecule has 1 aliphatic rings.